The van der Waals surface area contributed by atoms with E-state index in [0.717, 1.165) is 31.6 Å². The summed E-state index contributed by atoms with van der Waals surface area (Å²) < 4.78 is 19.4. The van der Waals surface area contributed by atoms with E-state index in [9.17, 15) is 4.39 Å². The molecule has 1 aliphatic rings. The van der Waals surface area contributed by atoms with Gasteiger partial charge >= 0.3 is 0 Å². The molecule has 0 amide bonds. The molecule has 1 N–H and O–H groups in total. The highest BCUT2D eigenvalue weighted by atomic mass is 19.1. The van der Waals surface area contributed by atoms with Gasteiger partial charge in [-0.05, 0) is 50.2 Å². The number of halogens is 1. The summed E-state index contributed by atoms with van der Waals surface area (Å²) in [6, 6.07) is 12.0. The standard InChI is InChI=1S/C18H18FN3O/c19-16-5-4-13(11-20)10-15(16)12-23-18-3-1-2-17(22-18)14-6-8-21-9-7-14/h1-5,10,14,21H,6-9,12H2. The first-order valence-corrected chi connectivity index (χ1v) is 7.75. The Hall–Kier alpha value is -2.45. The Morgan fingerprint density at radius 3 is 2.87 bits per heavy atom. The quantitative estimate of drug-likeness (QED) is 0.942. The van der Waals surface area contributed by atoms with E-state index in [4.69, 9.17) is 10.00 Å². The summed E-state index contributed by atoms with van der Waals surface area (Å²) in [5, 5.41) is 12.2. The maximum absolute atomic E-state index is 13.8. The smallest absolute Gasteiger partial charge is 0.213 e. The third-order valence-electron chi connectivity index (χ3n) is 4.05. The maximum Gasteiger partial charge on any atom is 0.213 e. The zero-order valence-corrected chi connectivity index (χ0v) is 12.8. The Morgan fingerprint density at radius 2 is 2.09 bits per heavy atom. The van der Waals surface area contributed by atoms with Gasteiger partial charge in [0.05, 0.1) is 11.6 Å². The van der Waals surface area contributed by atoms with Crippen molar-refractivity contribution in [3.05, 3.63) is 59.0 Å². The van der Waals surface area contributed by atoms with E-state index in [2.05, 4.69) is 10.3 Å². The number of hydrogen-bond donors (Lipinski definition) is 1. The lowest BCUT2D eigenvalue weighted by Gasteiger charge is -2.22. The van der Waals surface area contributed by atoms with Crippen LogP contribution in [-0.4, -0.2) is 18.1 Å². The van der Waals surface area contributed by atoms with E-state index in [0.29, 0.717) is 22.9 Å². The van der Waals surface area contributed by atoms with Crippen LogP contribution in [-0.2, 0) is 6.61 Å². The first-order chi connectivity index (χ1) is 11.3. The van der Waals surface area contributed by atoms with E-state index in [1.807, 2.05) is 18.2 Å². The molecule has 0 spiro atoms. The average molecular weight is 311 g/mol. The number of nitrogens with one attached hydrogen (secondary N) is 1. The zero-order valence-electron chi connectivity index (χ0n) is 12.8. The van der Waals surface area contributed by atoms with Gasteiger partial charge in [-0.3, -0.25) is 0 Å². The molecule has 118 valence electrons. The van der Waals surface area contributed by atoms with Crippen molar-refractivity contribution in [2.45, 2.75) is 25.4 Å². The highest BCUT2D eigenvalue weighted by Crippen LogP contribution is 2.25. The summed E-state index contributed by atoms with van der Waals surface area (Å²) in [7, 11) is 0. The predicted octanol–water partition coefficient (Wildman–Crippen LogP) is 3.14. The fraction of sp³-hybridized carbons (Fsp3) is 0.333. The molecule has 1 fully saturated rings. The second kappa shape index (κ2) is 7.21. The van der Waals surface area contributed by atoms with Crippen LogP contribution in [0.4, 0.5) is 4.39 Å². The Kier molecular flexibility index (Phi) is 4.84. The molecule has 23 heavy (non-hydrogen) atoms. The Morgan fingerprint density at radius 1 is 1.26 bits per heavy atom. The molecule has 1 aromatic heterocycles. The molecule has 3 rings (SSSR count). The molecule has 0 radical (unpaired) electrons. The molecule has 1 saturated heterocycles. The molecule has 0 unspecified atom stereocenters. The maximum atomic E-state index is 13.8. The fourth-order valence-electron chi connectivity index (χ4n) is 2.76. The molecule has 5 heteroatoms. The number of aromatic nitrogens is 1. The highest BCUT2D eigenvalue weighted by Gasteiger charge is 2.17. The molecule has 0 aliphatic carbocycles. The van der Waals surface area contributed by atoms with E-state index < -0.39 is 0 Å². The molecule has 0 bridgehead atoms. The van der Waals surface area contributed by atoms with Crippen molar-refractivity contribution in [1.82, 2.24) is 10.3 Å². The molecular formula is C18H18FN3O. The van der Waals surface area contributed by atoms with E-state index in [-0.39, 0.29) is 12.4 Å². The monoisotopic (exact) mass is 311 g/mol. The summed E-state index contributed by atoms with van der Waals surface area (Å²) in [6.07, 6.45) is 2.13. The van der Waals surface area contributed by atoms with Crippen LogP contribution < -0.4 is 10.1 Å². The van der Waals surface area contributed by atoms with Crippen molar-refractivity contribution in [1.29, 1.82) is 5.26 Å². The second-order valence-corrected chi connectivity index (χ2v) is 5.63. The summed E-state index contributed by atoms with van der Waals surface area (Å²) >= 11 is 0. The van der Waals surface area contributed by atoms with Gasteiger partial charge in [0.1, 0.15) is 12.4 Å². The third-order valence-corrected chi connectivity index (χ3v) is 4.05. The van der Waals surface area contributed by atoms with Gasteiger partial charge in [0.2, 0.25) is 5.88 Å². The number of nitriles is 1. The molecule has 0 saturated carbocycles. The lowest BCUT2D eigenvalue weighted by atomic mass is 9.94. The van der Waals surface area contributed by atoms with Crippen LogP contribution in [0.25, 0.3) is 0 Å². The van der Waals surface area contributed by atoms with Crippen LogP contribution in [0.5, 0.6) is 5.88 Å². The lowest BCUT2D eigenvalue weighted by Crippen LogP contribution is -2.27. The van der Waals surface area contributed by atoms with Gasteiger partial charge in [0.15, 0.2) is 0 Å². The topological polar surface area (TPSA) is 57.9 Å². The number of piperidine rings is 1. The van der Waals surface area contributed by atoms with Gasteiger partial charge < -0.3 is 10.1 Å². The summed E-state index contributed by atoms with van der Waals surface area (Å²) in [5.41, 5.74) is 1.80. The number of ether oxygens (including phenoxy) is 1. The van der Waals surface area contributed by atoms with E-state index in [1.165, 1.54) is 18.2 Å². The molecular weight excluding hydrogens is 293 g/mol. The lowest BCUT2D eigenvalue weighted by molar-refractivity contribution is 0.286. The van der Waals surface area contributed by atoms with Crippen molar-refractivity contribution in [3.8, 4) is 11.9 Å². The highest BCUT2D eigenvalue weighted by molar-refractivity contribution is 5.33. The Labute approximate surface area is 134 Å². The molecule has 1 aliphatic heterocycles. The van der Waals surface area contributed by atoms with Gasteiger partial charge in [-0.25, -0.2) is 9.37 Å². The predicted molar refractivity (Wildman–Crippen MR) is 84.5 cm³/mol. The van der Waals surface area contributed by atoms with Crippen molar-refractivity contribution in [2.24, 2.45) is 0 Å². The van der Waals surface area contributed by atoms with E-state index >= 15 is 0 Å². The van der Waals surface area contributed by atoms with Crippen molar-refractivity contribution in [2.75, 3.05) is 13.1 Å². The molecule has 2 aromatic rings. The van der Waals surface area contributed by atoms with Crippen LogP contribution in [0.1, 0.15) is 35.6 Å². The second-order valence-electron chi connectivity index (χ2n) is 5.63. The van der Waals surface area contributed by atoms with Crippen molar-refractivity contribution in [3.63, 3.8) is 0 Å². The Bertz CT molecular complexity index is 720. The number of nitrogens with zero attached hydrogens (tertiary/aromatic N) is 2. The SMILES string of the molecule is N#Cc1ccc(F)c(COc2cccc(C3CCNCC3)n2)c1. The average Bonchev–Trinajstić information content (AvgIpc) is 2.62. The molecule has 4 nitrogen and oxygen atoms in total. The number of benzene rings is 1. The molecule has 2 heterocycles. The van der Waals surface area contributed by atoms with Crippen LogP contribution in [0.15, 0.2) is 36.4 Å². The number of rotatable bonds is 4. The summed E-state index contributed by atoms with van der Waals surface area (Å²) in [6.45, 7) is 2.07. The van der Waals surface area contributed by atoms with Crippen LogP contribution in [0.3, 0.4) is 0 Å². The van der Waals surface area contributed by atoms with Crippen molar-refractivity contribution < 1.29 is 9.13 Å². The van der Waals surface area contributed by atoms with Gasteiger partial charge in [-0.15, -0.1) is 0 Å². The number of hydrogen-bond acceptors (Lipinski definition) is 4. The van der Waals surface area contributed by atoms with Gasteiger partial charge in [-0.1, -0.05) is 6.07 Å². The Balaban J connectivity index is 1.70. The first-order valence-electron chi connectivity index (χ1n) is 7.75. The van der Waals surface area contributed by atoms with Crippen molar-refractivity contribution >= 4 is 0 Å². The van der Waals surface area contributed by atoms with Crippen LogP contribution >= 0.6 is 0 Å². The van der Waals surface area contributed by atoms with Gasteiger partial charge in [0.25, 0.3) is 0 Å². The zero-order chi connectivity index (χ0) is 16.1. The third kappa shape index (κ3) is 3.85. The number of pyridine rings is 1. The summed E-state index contributed by atoms with van der Waals surface area (Å²) in [4.78, 5) is 4.55. The van der Waals surface area contributed by atoms with Crippen LogP contribution in [0, 0.1) is 17.1 Å². The van der Waals surface area contributed by atoms with Crippen LogP contribution in [0.2, 0.25) is 0 Å². The van der Waals surface area contributed by atoms with E-state index in [1.54, 1.807) is 6.07 Å². The fourth-order valence-corrected chi connectivity index (χ4v) is 2.76. The summed E-state index contributed by atoms with van der Waals surface area (Å²) in [5.74, 6) is 0.555. The molecule has 0 atom stereocenters. The first kappa shape index (κ1) is 15.4. The minimum atomic E-state index is -0.376. The largest absolute Gasteiger partial charge is 0.473 e. The van der Waals surface area contributed by atoms with Gasteiger partial charge in [-0.2, -0.15) is 5.26 Å². The molecule has 1 aromatic carbocycles. The minimum absolute atomic E-state index is 0.0596. The normalized spacial score (nSPS) is 15.1. The van der Waals surface area contributed by atoms with Gasteiger partial charge in [0, 0.05) is 23.2 Å². The minimum Gasteiger partial charge on any atom is -0.473 e.